The Balaban J connectivity index is 1.38. The van der Waals surface area contributed by atoms with Gasteiger partial charge in [-0.3, -0.25) is 14.5 Å². The Labute approximate surface area is 164 Å². The van der Waals surface area contributed by atoms with Crippen molar-refractivity contribution < 1.29 is 9.59 Å². The average Bonchev–Trinajstić information content (AvgIpc) is 2.69. The highest BCUT2D eigenvalue weighted by Gasteiger charge is 2.22. The number of thioether (sulfide) groups is 1. The molecule has 3 rings (SSSR count). The SMILES string of the molecule is Cc1ccc(NC(=O)CN2CCN(C(=O)CSc3ccccn3)CC2)cc1. The van der Waals surface area contributed by atoms with Crippen LogP contribution in [0, 0.1) is 6.92 Å². The summed E-state index contributed by atoms with van der Waals surface area (Å²) >= 11 is 1.46. The van der Waals surface area contributed by atoms with Gasteiger partial charge in [0.25, 0.3) is 0 Å². The number of carbonyl (C=O) groups excluding carboxylic acids is 2. The van der Waals surface area contributed by atoms with Gasteiger partial charge in [0.1, 0.15) is 0 Å². The van der Waals surface area contributed by atoms with E-state index in [1.165, 1.54) is 11.8 Å². The maximum Gasteiger partial charge on any atom is 0.238 e. The van der Waals surface area contributed by atoms with E-state index in [0.717, 1.165) is 16.3 Å². The summed E-state index contributed by atoms with van der Waals surface area (Å²) in [7, 11) is 0. The molecule has 0 atom stereocenters. The van der Waals surface area contributed by atoms with Gasteiger partial charge in [-0.15, -0.1) is 0 Å². The van der Waals surface area contributed by atoms with E-state index in [2.05, 4.69) is 15.2 Å². The number of amides is 2. The van der Waals surface area contributed by atoms with Crippen molar-refractivity contribution in [2.45, 2.75) is 11.9 Å². The molecule has 0 aliphatic carbocycles. The molecule has 27 heavy (non-hydrogen) atoms. The Bertz CT molecular complexity index is 759. The van der Waals surface area contributed by atoms with Gasteiger partial charge in [-0.1, -0.05) is 35.5 Å². The lowest BCUT2D eigenvalue weighted by atomic mass is 10.2. The summed E-state index contributed by atoms with van der Waals surface area (Å²) in [5.74, 6) is 0.490. The Morgan fingerprint density at radius 3 is 2.48 bits per heavy atom. The van der Waals surface area contributed by atoms with Gasteiger partial charge in [-0.05, 0) is 31.2 Å². The first kappa shape index (κ1) is 19.4. The van der Waals surface area contributed by atoms with Crippen molar-refractivity contribution >= 4 is 29.3 Å². The molecular weight excluding hydrogens is 360 g/mol. The predicted octanol–water partition coefficient (Wildman–Crippen LogP) is 2.27. The van der Waals surface area contributed by atoms with Crippen LogP contribution >= 0.6 is 11.8 Å². The molecule has 0 saturated carbocycles. The van der Waals surface area contributed by atoms with Crippen molar-refractivity contribution in [2.75, 3.05) is 43.8 Å². The average molecular weight is 385 g/mol. The smallest absolute Gasteiger partial charge is 0.238 e. The quantitative estimate of drug-likeness (QED) is 0.774. The van der Waals surface area contributed by atoms with Crippen molar-refractivity contribution in [1.29, 1.82) is 0 Å². The lowest BCUT2D eigenvalue weighted by molar-refractivity contribution is -0.130. The number of anilines is 1. The lowest BCUT2D eigenvalue weighted by Crippen LogP contribution is -2.50. The largest absolute Gasteiger partial charge is 0.339 e. The molecule has 2 heterocycles. The number of nitrogens with one attached hydrogen (secondary N) is 1. The van der Waals surface area contributed by atoms with E-state index in [4.69, 9.17) is 0 Å². The number of piperazine rings is 1. The highest BCUT2D eigenvalue weighted by Crippen LogP contribution is 2.15. The number of hydrogen-bond donors (Lipinski definition) is 1. The first-order valence-electron chi connectivity index (χ1n) is 9.00. The summed E-state index contributed by atoms with van der Waals surface area (Å²) in [6.45, 7) is 5.08. The summed E-state index contributed by atoms with van der Waals surface area (Å²) in [5.41, 5.74) is 1.97. The third kappa shape index (κ3) is 6.08. The van der Waals surface area contributed by atoms with Crippen LogP contribution in [-0.4, -0.2) is 65.1 Å². The molecule has 0 bridgehead atoms. The van der Waals surface area contributed by atoms with Crippen molar-refractivity contribution in [3.8, 4) is 0 Å². The van der Waals surface area contributed by atoms with Gasteiger partial charge in [0, 0.05) is 38.1 Å². The molecule has 1 aromatic carbocycles. The molecule has 2 amide bonds. The van der Waals surface area contributed by atoms with Gasteiger partial charge >= 0.3 is 0 Å². The zero-order valence-electron chi connectivity index (χ0n) is 15.4. The third-order valence-corrected chi connectivity index (χ3v) is 5.34. The van der Waals surface area contributed by atoms with E-state index in [1.54, 1.807) is 6.20 Å². The number of rotatable bonds is 6. The molecule has 1 saturated heterocycles. The Kier molecular flexibility index (Phi) is 6.84. The number of carbonyl (C=O) groups is 2. The van der Waals surface area contributed by atoms with Crippen molar-refractivity contribution in [3.05, 3.63) is 54.2 Å². The molecule has 1 fully saturated rings. The van der Waals surface area contributed by atoms with Gasteiger partial charge in [0.15, 0.2) is 0 Å². The summed E-state index contributed by atoms with van der Waals surface area (Å²) in [6, 6.07) is 13.4. The second-order valence-electron chi connectivity index (χ2n) is 6.53. The normalized spacial score (nSPS) is 14.8. The second-order valence-corrected chi connectivity index (χ2v) is 7.52. The summed E-state index contributed by atoms with van der Waals surface area (Å²) in [4.78, 5) is 32.7. The van der Waals surface area contributed by atoms with E-state index in [1.807, 2.05) is 54.3 Å². The van der Waals surface area contributed by atoms with Gasteiger partial charge in [-0.25, -0.2) is 4.98 Å². The number of nitrogens with zero attached hydrogens (tertiary/aromatic N) is 3. The molecule has 1 N–H and O–H groups in total. The zero-order valence-corrected chi connectivity index (χ0v) is 16.2. The van der Waals surface area contributed by atoms with Gasteiger partial charge in [-0.2, -0.15) is 0 Å². The molecule has 1 aliphatic rings. The number of aryl methyl sites for hydroxylation is 1. The van der Waals surface area contributed by atoms with Crippen molar-refractivity contribution in [3.63, 3.8) is 0 Å². The predicted molar refractivity (Wildman–Crippen MR) is 108 cm³/mol. The Morgan fingerprint density at radius 2 is 1.81 bits per heavy atom. The van der Waals surface area contributed by atoms with Crippen LogP contribution in [-0.2, 0) is 9.59 Å². The lowest BCUT2D eigenvalue weighted by Gasteiger charge is -2.34. The van der Waals surface area contributed by atoms with E-state index >= 15 is 0 Å². The maximum atomic E-state index is 12.3. The van der Waals surface area contributed by atoms with Crippen LogP contribution in [0.4, 0.5) is 5.69 Å². The zero-order chi connectivity index (χ0) is 19.1. The van der Waals surface area contributed by atoms with Crippen LogP contribution in [0.25, 0.3) is 0 Å². The van der Waals surface area contributed by atoms with E-state index in [9.17, 15) is 9.59 Å². The van der Waals surface area contributed by atoms with Crippen LogP contribution in [0.1, 0.15) is 5.56 Å². The fraction of sp³-hybridized carbons (Fsp3) is 0.350. The monoisotopic (exact) mass is 384 g/mol. The molecule has 1 aromatic heterocycles. The highest BCUT2D eigenvalue weighted by atomic mass is 32.2. The Morgan fingerprint density at radius 1 is 1.07 bits per heavy atom. The molecule has 7 heteroatoms. The minimum absolute atomic E-state index is 0.0238. The molecular formula is C20H24N4O2S. The summed E-state index contributed by atoms with van der Waals surface area (Å²) in [6.07, 6.45) is 1.73. The summed E-state index contributed by atoms with van der Waals surface area (Å²) < 4.78 is 0. The fourth-order valence-corrected chi connectivity index (χ4v) is 3.62. The number of pyridine rings is 1. The molecule has 1 aliphatic heterocycles. The van der Waals surface area contributed by atoms with Crippen LogP contribution < -0.4 is 5.32 Å². The summed E-state index contributed by atoms with van der Waals surface area (Å²) in [5, 5.41) is 3.78. The number of hydrogen-bond acceptors (Lipinski definition) is 5. The molecule has 6 nitrogen and oxygen atoms in total. The molecule has 0 radical (unpaired) electrons. The molecule has 142 valence electrons. The minimum atomic E-state index is -0.0238. The highest BCUT2D eigenvalue weighted by molar-refractivity contribution is 7.99. The van der Waals surface area contributed by atoms with Gasteiger partial charge in [0.05, 0.1) is 17.3 Å². The maximum absolute atomic E-state index is 12.3. The second kappa shape index (κ2) is 9.53. The van der Waals surface area contributed by atoms with Crippen LogP contribution in [0.3, 0.4) is 0 Å². The standard InChI is InChI=1S/C20H24N4O2S/c1-16-5-7-17(8-6-16)22-18(25)14-23-10-12-24(13-11-23)20(26)15-27-19-4-2-3-9-21-19/h2-9H,10-15H2,1H3,(H,22,25). The number of aromatic nitrogens is 1. The van der Waals surface area contributed by atoms with Gasteiger partial charge < -0.3 is 10.2 Å². The minimum Gasteiger partial charge on any atom is -0.339 e. The Hall–Kier alpha value is -2.38. The molecule has 2 aromatic rings. The first-order valence-corrected chi connectivity index (χ1v) is 9.99. The fourth-order valence-electron chi connectivity index (χ4n) is 2.86. The van der Waals surface area contributed by atoms with Crippen molar-refractivity contribution in [1.82, 2.24) is 14.8 Å². The third-order valence-electron chi connectivity index (χ3n) is 4.41. The first-order chi connectivity index (χ1) is 13.1. The van der Waals surface area contributed by atoms with Crippen LogP contribution in [0.15, 0.2) is 53.7 Å². The number of benzene rings is 1. The van der Waals surface area contributed by atoms with E-state index in [-0.39, 0.29) is 11.8 Å². The van der Waals surface area contributed by atoms with Crippen LogP contribution in [0.2, 0.25) is 0 Å². The molecule has 0 spiro atoms. The molecule has 0 unspecified atom stereocenters. The van der Waals surface area contributed by atoms with Crippen LogP contribution in [0.5, 0.6) is 0 Å². The van der Waals surface area contributed by atoms with E-state index < -0.39 is 0 Å². The van der Waals surface area contributed by atoms with Crippen molar-refractivity contribution in [2.24, 2.45) is 0 Å². The van der Waals surface area contributed by atoms with E-state index in [0.29, 0.717) is 38.5 Å². The van der Waals surface area contributed by atoms with Gasteiger partial charge in [0.2, 0.25) is 11.8 Å². The topological polar surface area (TPSA) is 65.5 Å².